The highest BCUT2D eigenvalue weighted by Crippen LogP contribution is 2.17. The lowest BCUT2D eigenvalue weighted by atomic mass is 10.2. The second-order valence-electron chi connectivity index (χ2n) is 3.68. The Balaban J connectivity index is 2.02. The van der Waals surface area contributed by atoms with Gasteiger partial charge >= 0.3 is 0 Å². The number of rotatable bonds is 3. The Labute approximate surface area is 95.1 Å². The topological polar surface area (TPSA) is 64.1 Å². The molecule has 0 atom stereocenters. The molecule has 0 saturated heterocycles. The fourth-order valence-electron chi connectivity index (χ4n) is 1.49. The van der Waals surface area contributed by atoms with Crippen molar-refractivity contribution in [3.05, 3.63) is 54.1 Å². The van der Waals surface area contributed by atoms with Gasteiger partial charge in [0, 0.05) is 12.2 Å². The molecule has 0 radical (unpaired) electrons. The standard InChI is InChI=1S/C13H15N3/c14-11-7-5-10(6-8-11)9-16-13-4-2-1-3-12(13)15/h1-8,16H,9,14-15H2. The number of nitrogen functional groups attached to an aromatic ring is 2. The molecule has 82 valence electrons. The Kier molecular flexibility index (Phi) is 2.96. The van der Waals surface area contributed by atoms with Crippen molar-refractivity contribution in [3.63, 3.8) is 0 Å². The Hall–Kier alpha value is -2.16. The molecule has 5 N–H and O–H groups in total. The summed E-state index contributed by atoms with van der Waals surface area (Å²) < 4.78 is 0. The van der Waals surface area contributed by atoms with Gasteiger partial charge in [0.1, 0.15) is 0 Å². The molecule has 0 aliphatic carbocycles. The van der Waals surface area contributed by atoms with Crippen molar-refractivity contribution in [2.75, 3.05) is 16.8 Å². The lowest BCUT2D eigenvalue weighted by molar-refractivity contribution is 1.15. The van der Waals surface area contributed by atoms with Crippen molar-refractivity contribution >= 4 is 17.1 Å². The Morgan fingerprint density at radius 3 is 2.25 bits per heavy atom. The first-order valence-electron chi connectivity index (χ1n) is 5.18. The van der Waals surface area contributed by atoms with E-state index in [1.807, 2.05) is 48.5 Å². The van der Waals surface area contributed by atoms with Crippen LogP contribution < -0.4 is 16.8 Å². The minimum absolute atomic E-state index is 0.745. The molecular formula is C13H15N3. The molecule has 2 aromatic carbocycles. The summed E-state index contributed by atoms with van der Waals surface area (Å²) in [5.74, 6) is 0. The van der Waals surface area contributed by atoms with E-state index in [1.54, 1.807) is 0 Å². The summed E-state index contributed by atoms with van der Waals surface area (Å²) in [5, 5.41) is 3.28. The van der Waals surface area contributed by atoms with E-state index in [0.717, 1.165) is 23.6 Å². The van der Waals surface area contributed by atoms with E-state index in [1.165, 1.54) is 5.56 Å². The Morgan fingerprint density at radius 2 is 1.56 bits per heavy atom. The molecule has 0 fully saturated rings. The van der Waals surface area contributed by atoms with Crippen molar-refractivity contribution in [2.24, 2.45) is 0 Å². The summed E-state index contributed by atoms with van der Waals surface area (Å²) in [4.78, 5) is 0. The molecule has 0 heterocycles. The van der Waals surface area contributed by atoms with Crippen LogP contribution in [0.5, 0.6) is 0 Å². The SMILES string of the molecule is Nc1ccc(CNc2ccccc2N)cc1. The maximum atomic E-state index is 5.83. The second-order valence-corrected chi connectivity index (χ2v) is 3.68. The summed E-state index contributed by atoms with van der Waals surface area (Å²) in [5.41, 5.74) is 15.1. The lowest BCUT2D eigenvalue weighted by Crippen LogP contribution is -2.02. The van der Waals surface area contributed by atoms with Crippen molar-refractivity contribution < 1.29 is 0 Å². The average Bonchev–Trinajstić information content (AvgIpc) is 2.30. The average molecular weight is 213 g/mol. The minimum Gasteiger partial charge on any atom is -0.399 e. The molecule has 0 aliphatic rings. The zero-order chi connectivity index (χ0) is 11.4. The molecule has 0 bridgehead atoms. The molecule has 3 nitrogen and oxygen atoms in total. The first-order chi connectivity index (χ1) is 7.75. The molecule has 0 aromatic heterocycles. The predicted molar refractivity (Wildman–Crippen MR) is 69.0 cm³/mol. The molecular weight excluding hydrogens is 198 g/mol. The van der Waals surface area contributed by atoms with Gasteiger partial charge in [0.25, 0.3) is 0 Å². The van der Waals surface area contributed by atoms with Gasteiger partial charge in [-0.3, -0.25) is 0 Å². The van der Waals surface area contributed by atoms with Crippen molar-refractivity contribution in [3.8, 4) is 0 Å². The summed E-state index contributed by atoms with van der Waals surface area (Å²) in [7, 11) is 0. The van der Waals surface area contributed by atoms with E-state index >= 15 is 0 Å². The van der Waals surface area contributed by atoms with Crippen LogP contribution in [0, 0.1) is 0 Å². The first-order valence-corrected chi connectivity index (χ1v) is 5.18. The molecule has 2 aromatic rings. The van der Waals surface area contributed by atoms with Crippen LogP contribution in [0.3, 0.4) is 0 Å². The summed E-state index contributed by atoms with van der Waals surface area (Å²) in [6, 6.07) is 15.5. The number of nitrogens with one attached hydrogen (secondary N) is 1. The van der Waals surface area contributed by atoms with E-state index in [4.69, 9.17) is 11.5 Å². The number of para-hydroxylation sites is 2. The number of hydrogen-bond acceptors (Lipinski definition) is 3. The molecule has 3 heteroatoms. The van der Waals surface area contributed by atoms with Crippen LogP contribution in [0.25, 0.3) is 0 Å². The Bertz CT molecular complexity index is 463. The van der Waals surface area contributed by atoms with Crippen LogP contribution in [-0.2, 0) is 6.54 Å². The minimum atomic E-state index is 0.745. The normalized spacial score (nSPS) is 10.0. The van der Waals surface area contributed by atoms with Gasteiger partial charge in [-0.1, -0.05) is 24.3 Å². The van der Waals surface area contributed by atoms with E-state index in [2.05, 4.69) is 5.32 Å². The maximum Gasteiger partial charge on any atom is 0.0576 e. The van der Waals surface area contributed by atoms with Crippen LogP contribution in [-0.4, -0.2) is 0 Å². The van der Waals surface area contributed by atoms with Crippen molar-refractivity contribution in [2.45, 2.75) is 6.54 Å². The quantitative estimate of drug-likeness (QED) is 0.686. The van der Waals surface area contributed by atoms with Gasteiger partial charge in [-0.15, -0.1) is 0 Å². The summed E-state index contributed by atoms with van der Waals surface area (Å²) >= 11 is 0. The van der Waals surface area contributed by atoms with Crippen molar-refractivity contribution in [1.29, 1.82) is 0 Å². The molecule has 0 unspecified atom stereocenters. The maximum absolute atomic E-state index is 5.83. The van der Waals surface area contributed by atoms with Gasteiger partial charge in [0.05, 0.1) is 11.4 Å². The molecule has 16 heavy (non-hydrogen) atoms. The molecule has 0 saturated carbocycles. The van der Waals surface area contributed by atoms with Gasteiger partial charge < -0.3 is 16.8 Å². The third-order valence-electron chi connectivity index (χ3n) is 2.42. The van der Waals surface area contributed by atoms with Gasteiger partial charge in [-0.25, -0.2) is 0 Å². The first kappa shape index (κ1) is 10.4. The highest BCUT2D eigenvalue weighted by Gasteiger charge is 1.97. The van der Waals surface area contributed by atoms with E-state index < -0.39 is 0 Å². The molecule has 2 rings (SSSR count). The highest BCUT2D eigenvalue weighted by atomic mass is 14.9. The van der Waals surface area contributed by atoms with Crippen LogP contribution in [0.1, 0.15) is 5.56 Å². The summed E-state index contributed by atoms with van der Waals surface area (Å²) in [6.45, 7) is 0.745. The number of nitrogens with two attached hydrogens (primary N) is 2. The van der Waals surface area contributed by atoms with Crippen LogP contribution >= 0.6 is 0 Å². The smallest absolute Gasteiger partial charge is 0.0576 e. The van der Waals surface area contributed by atoms with Crippen molar-refractivity contribution in [1.82, 2.24) is 0 Å². The number of anilines is 3. The monoisotopic (exact) mass is 213 g/mol. The van der Waals surface area contributed by atoms with Gasteiger partial charge in [-0.2, -0.15) is 0 Å². The summed E-state index contributed by atoms with van der Waals surface area (Å²) in [6.07, 6.45) is 0. The molecule has 0 amide bonds. The third kappa shape index (κ3) is 2.45. The lowest BCUT2D eigenvalue weighted by Gasteiger charge is -2.09. The largest absolute Gasteiger partial charge is 0.399 e. The van der Waals surface area contributed by atoms with Crippen LogP contribution in [0.15, 0.2) is 48.5 Å². The number of benzene rings is 2. The van der Waals surface area contributed by atoms with Crippen LogP contribution in [0.2, 0.25) is 0 Å². The van der Waals surface area contributed by atoms with Crippen LogP contribution in [0.4, 0.5) is 17.1 Å². The Morgan fingerprint density at radius 1 is 0.875 bits per heavy atom. The molecule has 0 aliphatic heterocycles. The second kappa shape index (κ2) is 4.57. The fourth-order valence-corrected chi connectivity index (χ4v) is 1.49. The van der Waals surface area contributed by atoms with Gasteiger partial charge in [0.15, 0.2) is 0 Å². The fraction of sp³-hybridized carbons (Fsp3) is 0.0769. The van der Waals surface area contributed by atoms with E-state index in [9.17, 15) is 0 Å². The third-order valence-corrected chi connectivity index (χ3v) is 2.42. The van der Waals surface area contributed by atoms with Gasteiger partial charge in [-0.05, 0) is 29.8 Å². The molecule has 0 spiro atoms. The number of hydrogen-bond donors (Lipinski definition) is 3. The van der Waals surface area contributed by atoms with E-state index in [0.29, 0.717) is 0 Å². The zero-order valence-electron chi connectivity index (χ0n) is 8.98. The van der Waals surface area contributed by atoms with E-state index in [-0.39, 0.29) is 0 Å². The highest BCUT2D eigenvalue weighted by molar-refractivity contribution is 5.65. The zero-order valence-corrected chi connectivity index (χ0v) is 8.98. The van der Waals surface area contributed by atoms with Gasteiger partial charge in [0.2, 0.25) is 0 Å². The predicted octanol–water partition coefficient (Wildman–Crippen LogP) is 2.46.